The van der Waals surface area contributed by atoms with E-state index in [9.17, 15) is 4.79 Å². The Balaban J connectivity index is 1.71. The van der Waals surface area contributed by atoms with Crippen LogP contribution < -0.4 is 10.1 Å². The second-order valence-electron chi connectivity index (χ2n) is 6.43. The number of aromatic nitrogens is 1. The number of rotatable bonds is 4. The number of nitrogens with zero attached hydrogens (tertiary/aromatic N) is 1. The zero-order valence-electron chi connectivity index (χ0n) is 13.8. The molecule has 0 spiro atoms. The average Bonchev–Trinajstić information content (AvgIpc) is 2.89. The lowest BCUT2D eigenvalue weighted by atomic mass is 9.89. The van der Waals surface area contributed by atoms with Crippen molar-refractivity contribution >= 4 is 11.8 Å². The summed E-state index contributed by atoms with van der Waals surface area (Å²) in [6.45, 7) is 6.14. The fraction of sp³-hybridized carbons (Fsp3) is 0.444. The molecular weight excluding hydrogens is 292 g/mol. The van der Waals surface area contributed by atoms with E-state index in [1.807, 2.05) is 13.8 Å². The van der Waals surface area contributed by atoms with Crippen LogP contribution in [0.4, 0.5) is 5.88 Å². The van der Waals surface area contributed by atoms with Crippen molar-refractivity contribution in [3.8, 4) is 5.75 Å². The Bertz CT molecular complexity index is 689. The average molecular weight is 314 g/mol. The predicted molar refractivity (Wildman–Crippen MR) is 87.9 cm³/mol. The highest BCUT2D eigenvalue weighted by Gasteiger charge is 2.24. The van der Waals surface area contributed by atoms with Crippen molar-refractivity contribution in [1.29, 1.82) is 0 Å². The van der Waals surface area contributed by atoms with Crippen molar-refractivity contribution in [3.63, 3.8) is 0 Å². The van der Waals surface area contributed by atoms with Crippen LogP contribution in [0.5, 0.6) is 5.75 Å². The molecule has 1 atom stereocenters. The zero-order chi connectivity index (χ0) is 16.4. The molecule has 1 aliphatic carbocycles. The van der Waals surface area contributed by atoms with Crippen molar-refractivity contribution in [2.45, 2.75) is 46.1 Å². The first-order valence-electron chi connectivity index (χ1n) is 8.08. The Morgan fingerprint density at radius 2 is 2.09 bits per heavy atom. The number of carbonyl (C=O) groups excluding carboxylic acids is 1. The van der Waals surface area contributed by atoms with Crippen LogP contribution in [0.25, 0.3) is 0 Å². The molecule has 0 radical (unpaired) electrons. The standard InChI is InChI=1S/C18H22N2O3/c1-11(2)22-14-7-5-13(6-8-14)17(21)19-18-15-10-12(3)4-9-16(15)20-23-18/h5-8,11-12H,4,9-10H2,1-3H3,(H,19,21)/t12-/m0/s1. The van der Waals surface area contributed by atoms with Gasteiger partial charge >= 0.3 is 0 Å². The Kier molecular flexibility index (Phi) is 4.37. The molecule has 0 saturated carbocycles. The van der Waals surface area contributed by atoms with Crippen LogP contribution in [0.15, 0.2) is 28.8 Å². The maximum absolute atomic E-state index is 12.4. The van der Waals surface area contributed by atoms with Gasteiger partial charge in [0.25, 0.3) is 5.91 Å². The van der Waals surface area contributed by atoms with Crippen molar-refractivity contribution in [2.24, 2.45) is 5.92 Å². The van der Waals surface area contributed by atoms with Gasteiger partial charge in [-0.15, -0.1) is 0 Å². The van der Waals surface area contributed by atoms with Crippen LogP contribution in [-0.2, 0) is 12.8 Å². The molecular formula is C18H22N2O3. The zero-order valence-corrected chi connectivity index (χ0v) is 13.8. The van der Waals surface area contributed by atoms with Gasteiger partial charge in [-0.25, -0.2) is 0 Å². The summed E-state index contributed by atoms with van der Waals surface area (Å²) < 4.78 is 10.9. The van der Waals surface area contributed by atoms with Gasteiger partial charge in [0, 0.05) is 11.1 Å². The first-order valence-corrected chi connectivity index (χ1v) is 8.08. The van der Waals surface area contributed by atoms with E-state index < -0.39 is 0 Å². The van der Waals surface area contributed by atoms with Gasteiger partial charge in [0.1, 0.15) is 5.75 Å². The summed E-state index contributed by atoms with van der Waals surface area (Å²) in [5.41, 5.74) is 2.58. The summed E-state index contributed by atoms with van der Waals surface area (Å²) >= 11 is 0. The van der Waals surface area contributed by atoms with E-state index in [1.54, 1.807) is 24.3 Å². The molecule has 122 valence electrons. The maximum Gasteiger partial charge on any atom is 0.258 e. The minimum absolute atomic E-state index is 0.109. The highest BCUT2D eigenvalue weighted by atomic mass is 16.5. The van der Waals surface area contributed by atoms with Gasteiger partial charge < -0.3 is 9.26 Å². The molecule has 5 nitrogen and oxygen atoms in total. The molecule has 23 heavy (non-hydrogen) atoms. The van der Waals surface area contributed by atoms with E-state index in [2.05, 4.69) is 17.4 Å². The largest absolute Gasteiger partial charge is 0.491 e. The van der Waals surface area contributed by atoms with Crippen LogP contribution in [0.2, 0.25) is 0 Å². The number of hydrogen-bond donors (Lipinski definition) is 1. The van der Waals surface area contributed by atoms with Crippen LogP contribution in [0.1, 0.15) is 48.8 Å². The first kappa shape index (κ1) is 15.6. The molecule has 0 fully saturated rings. The molecule has 0 bridgehead atoms. The third-order valence-corrected chi connectivity index (χ3v) is 4.01. The topological polar surface area (TPSA) is 64.4 Å². The molecule has 1 amide bonds. The van der Waals surface area contributed by atoms with E-state index in [4.69, 9.17) is 9.26 Å². The number of benzene rings is 1. The highest BCUT2D eigenvalue weighted by molar-refractivity contribution is 6.04. The van der Waals surface area contributed by atoms with Gasteiger partial charge in [0.15, 0.2) is 0 Å². The molecule has 2 aromatic rings. The lowest BCUT2D eigenvalue weighted by Gasteiger charge is -2.16. The van der Waals surface area contributed by atoms with Crippen LogP contribution in [-0.4, -0.2) is 17.2 Å². The summed E-state index contributed by atoms with van der Waals surface area (Å²) in [5.74, 6) is 1.63. The van der Waals surface area contributed by atoms with E-state index in [1.165, 1.54) is 0 Å². The number of fused-ring (bicyclic) bond motifs is 1. The van der Waals surface area contributed by atoms with E-state index >= 15 is 0 Å². The summed E-state index contributed by atoms with van der Waals surface area (Å²) in [6, 6.07) is 7.09. The summed E-state index contributed by atoms with van der Waals surface area (Å²) in [4.78, 5) is 12.4. The lowest BCUT2D eigenvalue weighted by Crippen LogP contribution is -2.15. The molecule has 0 unspecified atom stereocenters. The number of amides is 1. The summed E-state index contributed by atoms with van der Waals surface area (Å²) in [5, 5.41) is 6.91. The normalized spacial score (nSPS) is 17.0. The molecule has 3 rings (SSSR count). The minimum Gasteiger partial charge on any atom is -0.491 e. The molecule has 1 N–H and O–H groups in total. The second kappa shape index (κ2) is 6.44. The van der Waals surface area contributed by atoms with Crippen LogP contribution in [0, 0.1) is 5.92 Å². The Morgan fingerprint density at radius 1 is 1.35 bits per heavy atom. The minimum atomic E-state index is -0.196. The number of nitrogens with one attached hydrogen (secondary N) is 1. The third-order valence-electron chi connectivity index (χ3n) is 4.01. The third kappa shape index (κ3) is 3.55. The lowest BCUT2D eigenvalue weighted by molar-refractivity contribution is 0.102. The SMILES string of the molecule is CC(C)Oc1ccc(C(=O)Nc2onc3c2C[C@@H](C)CC3)cc1. The van der Waals surface area contributed by atoms with Crippen LogP contribution >= 0.6 is 0 Å². The maximum atomic E-state index is 12.4. The van der Waals surface area contributed by atoms with E-state index in [-0.39, 0.29) is 12.0 Å². The second-order valence-corrected chi connectivity index (χ2v) is 6.43. The Hall–Kier alpha value is -2.30. The van der Waals surface area contributed by atoms with Gasteiger partial charge in [0.05, 0.1) is 11.8 Å². The van der Waals surface area contributed by atoms with Crippen molar-refractivity contribution in [1.82, 2.24) is 5.16 Å². The molecule has 5 heteroatoms. The first-order chi connectivity index (χ1) is 11.0. The Labute approximate surface area is 136 Å². The van der Waals surface area contributed by atoms with E-state index in [0.717, 1.165) is 36.3 Å². The van der Waals surface area contributed by atoms with Gasteiger partial charge in [0.2, 0.25) is 5.88 Å². The number of hydrogen-bond acceptors (Lipinski definition) is 4. The summed E-state index contributed by atoms with van der Waals surface area (Å²) in [6.07, 6.45) is 3.04. The van der Waals surface area contributed by atoms with Crippen LogP contribution in [0.3, 0.4) is 0 Å². The monoisotopic (exact) mass is 314 g/mol. The Morgan fingerprint density at radius 3 is 2.78 bits per heavy atom. The molecule has 0 saturated heterocycles. The van der Waals surface area contributed by atoms with Crippen molar-refractivity contribution < 1.29 is 14.1 Å². The highest BCUT2D eigenvalue weighted by Crippen LogP contribution is 2.30. The van der Waals surface area contributed by atoms with Gasteiger partial charge in [-0.1, -0.05) is 12.1 Å². The van der Waals surface area contributed by atoms with Gasteiger partial charge in [-0.05, 0) is 63.3 Å². The molecule has 1 heterocycles. The fourth-order valence-corrected chi connectivity index (χ4v) is 2.81. The van der Waals surface area contributed by atoms with Crippen molar-refractivity contribution in [3.05, 3.63) is 41.1 Å². The number of carbonyl (C=O) groups is 1. The molecule has 1 aromatic heterocycles. The number of anilines is 1. The molecule has 0 aliphatic heterocycles. The number of aryl methyl sites for hydroxylation is 1. The van der Waals surface area contributed by atoms with Gasteiger partial charge in [-0.2, -0.15) is 0 Å². The van der Waals surface area contributed by atoms with Gasteiger partial charge in [-0.3, -0.25) is 10.1 Å². The summed E-state index contributed by atoms with van der Waals surface area (Å²) in [7, 11) is 0. The molecule has 1 aliphatic rings. The predicted octanol–water partition coefficient (Wildman–Crippen LogP) is 3.84. The van der Waals surface area contributed by atoms with E-state index in [0.29, 0.717) is 17.4 Å². The molecule has 1 aromatic carbocycles. The quantitative estimate of drug-likeness (QED) is 0.931. The van der Waals surface area contributed by atoms with Crippen molar-refractivity contribution in [2.75, 3.05) is 5.32 Å². The number of ether oxygens (including phenoxy) is 1. The smallest absolute Gasteiger partial charge is 0.258 e. The fourth-order valence-electron chi connectivity index (χ4n) is 2.81.